The number of aryl methyl sites for hydroxylation is 2. The summed E-state index contributed by atoms with van der Waals surface area (Å²) in [5.74, 6) is -0.0869. The number of rotatable bonds is 5. The van der Waals surface area contributed by atoms with Crippen molar-refractivity contribution >= 4 is 34.9 Å². The first-order valence-corrected chi connectivity index (χ1v) is 9.81. The average Bonchev–Trinajstić information content (AvgIpc) is 3.46. The number of amides is 4. The Hall–Kier alpha value is -3.35. The van der Waals surface area contributed by atoms with E-state index < -0.39 is 0 Å². The lowest BCUT2D eigenvalue weighted by Gasteiger charge is -2.18. The van der Waals surface area contributed by atoms with Crippen LogP contribution in [-0.2, 0) is 4.79 Å². The van der Waals surface area contributed by atoms with Crippen LogP contribution < -0.4 is 20.9 Å². The van der Waals surface area contributed by atoms with Crippen LogP contribution in [0, 0.1) is 19.8 Å². The number of urea groups is 1. The lowest BCUT2D eigenvalue weighted by molar-refractivity contribution is -0.117. The molecule has 7 heteroatoms. The van der Waals surface area contributed by atoms with Gasteiger partial charge in [0.25, 0.3) is 5.91 Å². The van der Waals surface area contributed by atoms with Gasteiger partial charge in [-0.05, 0) is 68.1 Å². The van der Waals surface area contributed by atoms with Gasteiger partial charge in [0.15, 0.2) is 0 Å². The number of nitrogens with zero attached hydrogens (tertiary/aromatic N) is 1. The zero-order chi connectivity index (χ0) is 20.5. The van der Waals surface area contributed by atoms with Crippen molar-refractivity contribution in [2.45, 2.75) is 26.7 Å². The fourth-order valence-electron chi connectivity index (χ4n) is 3.42. The predicted octanol–water partition coefficient (Wildman–Crippen LogP) is 3.43. The van der Waals surface area contributed by atoms with E-state index in [4.69, 9.17) is 0 Å². The standard InChI is InChI=1S/C22H24N4O3/c1-13-3-7-17(24-20(27)15-4-5-15)12-18(13)25-21(28)16-6-8-19(14(2)11-16)26-10-9-23-22(26)29/h3,6-8,11-12,15H,4-5,9-10H2,1-2H3,(H,23,29)(H,24,27)(H,25,28). The molecule has 150 valence electrons. The van der Waals surface area contributed by atoms with Crippen LogP contribution in [0.4, 0.5) is 21.9 Å². The topological polar surface area (TPSA) is 90.5 Å². The Morgan fingerprint density at radius 1 is 1.03 bits per heavy atom. The third-order valence-corrected chi connectivity index (χ3v) is 5.31. The third kappa shape index (κ3) is 4.08. The molecule has 1 heterocycles. The number of carbonyl (C=O) groups is 3. The molecule has 4 rings (SSSR count). The Morgan fingerprint density at radius 2 is 1.83 bits per heavy atom. The number of hydrogen-bond acceptors (Lipinski definition) is 3. The van der Waals surface area contributed by atoms with E-state index >= 15 is 0 Å². The Morgan fingerprint density at radius 3 is 2.48 bits per heavy atom. The van der Waals surface area contributed by atoms with Crippen LogP contribution in [0.25, 0.3) is 0 Å². The summed E-state index contributed by atoms with van der Waals surface area (Å²) in [5, 5.41) is 8.61. The minimum absolute atomic E-state index is 0.0308. The van der Waals surface area contributed by atoms with E-state index in [-0.39, 0.29) is 23.8 Å². The second-order valence-corrected chi connectivity index (χ2v) is 7.63. The summed E-state index contributed by atoms with van der Waals surface area (Å²) in [6, 6.07) is 10.7. The Balaban J connectivity index is 1.49. The van der Waals surface area contributed by atoms with E-state index in [2.05, 4.69) is 16.0 Å². The molecule has 3 N–H and O–H groups in total. The van der Waals surface area contributed by atoms with Crippen molar-refractivity contribution in [3.63, 3.8) is 0 Å². The van der Waals surface area contributed by atoms with E-state index in [1.807, 2.05) is 26.0 Å². The van der Waals surface area contributed by atoms with Gasteiger partial charge in [0.2, 0.25) is 5.91 Å². The normalized spacial score (nSPS) is 15.8. The SMILES string of the molecule is Cc1ccc(NC(=O)C2CC2)cc1NC(=O)c1ccc(N2CCNC2=O)c(C)c1. The number of hydrogen-bond donors (Lipinski definition) is 3. The van der Waals surface area contributed by atoms with Crippen LogP contribution in [0.3, 0.4) is 0 Å². The summed E-state index contributed by atoms with van der Waals surface area (Å²) in [7, 11) is 0. The molecule has 0 atom stereocenters. The van der Waals surface area contributed by atoms with Gasteiger partial charge >= 0.3 is 6.03 Å². The molecule has 0 unspecified atom stereocenters. The lowest BCUT2D eigenvalue weighted by atomic mass is 10.1. The van der Waals surface area contributed by atoms with Crippen LogP contribution in [0.2, 0.25) is 0 Å². The molecule has 2 aromatic rings. The molecular formula is C22H24N4O3. The summed E-state index contributed by atoms with van der Waals surface area (Å²) in [6.45, 7) is 5.02. The molecule has 1 saturated carbocycles. The first kappa shape index (κ1) is 19.0. The van der Waals surface area contributed by atoms with Crippen LogP contribution >= 0.6 is 0 Å². The van der Waals surface area contributed by atoms with Crippen molar-refractivity contribution in [3.05, 3.63) is 53.1 Å². The van der Waals surface area contributed by atoms with Gasteiger partial charge in [-0.25, -0.2) is 4.79 Å². The maximum absolute atomic E-state index is 12.8. The second-order valence-electron chi connectivity index (χ2n) is 7.63. The molecule has 1 aliphatic carbocycles. The second kappa shape index (κ2) is 7.58. The quantitative estimate of drug-likeness (QED) is 0.728. The monoisotopic (exact) mass is 392 g/mol. The summed E-state index contributed by atoms with van der Waals surface area (Å²) < 4.78 is 0. The van der Waals surface area contributed by atoms with Crippen LogP contribution in [0.1, 0.15) is 34.3 Å². The molecule has 0 radical (unpaired) electrons. The summed E-state index contributed by atoms with van der Waals surface area (Å²) in [6.07, 6.45) is 1.88. The van der Waals surface area contributed by atoms with Crippen molar-refractivity contribution in [3.8, 4) is 0 Å². The van der Waals surface area contributed by atoms with Gasteiger partial charge in [0.05, 0.1) is 0 Å². The molecule has 1 aliphatic heterocycles. The molecule has 2 aromatic carbocycles. The molecule has 4 amide bonds. The van der Waals surface area contributed by atoms with Gasteiger partial charge < -0.3 is 16.0 Å². The van der Waals surface area contributed by atoms with Crippen LogP contribution in [0.15, 0.2) is 36.4 Å². The van der Waals surface area contributed by atoms with Gasteiger partial charge in [-0.15, -0.1) is 0 Å². The number of anilines is 3. The van der Waals surface area contributed by atoms with Gasteiger partial charge in [0, 0.05) is 41.6 Å². The summed E-state index contributed by atoms with van der Waals surface area (Å²) in [5.41, 5.74) is 4.41. The van der Waals surface area contributed by atoms with E-state index in [0.717, 1.165) is 29.7 Å². The smallest absolute Gasteiger partial charge is 0.322 e. The highest BCUT2D eigenvalue weighted by molar-refractivity contribution is 6.06. The molecule has 0 aromatic heterocycles. The van der Waals surface area contributed by atoms with Gasteiger partial charge in [0.1, 0.15) is 0 Å². The number of benzene rings is 2. The summed E-state index contributed by atoms with van der Waals surface area (Å²) in [4.78, 5) is 38.3. The minimum atomic E-state index is -0.237. The van der Waals surface area contributed by atoms with Crippen molar-refractivity contribution in [1.82, 2.24) is 5.32 Å². The zero-order valence-corrected chi connectivity index (χ0v) is 16.5. The highest BCUT2D eigenvalue weighted by Gasteiger charge is 2.29. The molecular weight excluding hydrogens is 368 g/mol. The van der Waals surface area contributed by atoms with Crippen molar-refractivity contribution in [1.29, 1.82) is 0 Å². The number of carbonyl (C=O) groups excluding carboxylic acids is 3. The fourth-order valence-corrected chi connectivity index (χ4v) is 3.42. The highest BCUT2D eigenvalue weighted by Crippen LogP contribution is 2.31. The predicted molar refractivity (Wildman–Crippen MR) is 112 cm³/mol. The molecule has 2 aliphatic rings. The average molecular weight is 392 g/mol. The fraction of sp³-hybridized carbons (Fsp3) is 0.318. The Bertz CT molecular complexity index is 998. The molecule has 29 heavy (non-hydrogen) atoms. The summed E-state index contributed by atoms with van der Waals surface area (Å²) >= 11 is 0. The van der Waals surface area contributed by atoms with Gasteiger partial charge in [-0.3, -0.25) is 14.5 Å². The van der Waals surface area contributed by atoms with Crippen molar-refractivity contribution < 1.29 is 14.4 Å². The maximum Gasteiger partial charge on any atom is 0.322 e. The van der Waals surface area contributed by atoms with Crippen molar-refractivity contribution in [2.75, 3.05) is 28.6 Å². The highest BCUT2D eigenvalue weighted by atomic mass is 16.2. The molecule has 2 fully saturated rings. The van der Waals surface area contributed by atoms with Crippen LogP contribution in [-0.4, -0.2) is 30.9 Å². The molecule has 0 bridgehead atoms. The lowest BCUT2D eigenvalue weighted by Crippen LogP contribution is -2.28. The molecule has 1 saturated heterocycles. The third-order valence-electron chi connectivity index (χ3n) is 5.31. The first-order chi connectivity index (χ1) is 13.9. The van der Waals surface area contributed by atoms with E-state index in [1.165, 1.54) is 0 Å². The van der Waals surface area contributed by atoms with E-state index in [0.29, 0.717) is 30.0 Å². The molecule has 7 nitrogen and oxygen atoms in total. The number of nitrogens with one attached hydrogen (secondary N) is 3. The Kier molecular flexibility index (Phi) is 4.96. The van der Waals surface area contributed by atoms with E-state index in [1.54, 1.807) is 29.2 Å². The van der Waals surface area contributed by atoms with Crippen LogP contribution in [0.5, 0.6) is 0 Å². The largest absolute Gasteiger partial charge is 0.336 e. The van der Waals surface area contributed by atoms with Gasteiger partial charge in [-0.1, -0.05) is 6.07 Å². The van der Waals surface area contributed by atoms with Gasteiger partial charge in [-0.2, -0.15) is 0 Å². The zero-order valence-electron chi connectivity index (χ0n) is 16.5. The van der Waals surface area contributed by atoms with E-state index in [9.17, 15) is 14.4 Å². The Labute approximate surface area is 169 Å². The van der Waals surface area contributed by atoms with Crippen molar-refractivity contribution in [2.24, 2.45) is 5.92 Å². The molecule has 0 spiro atoms. The maximum atomic E-state index is 12.8. The first-order valence-electron chi connectivity index (χ1n) is 9.81. The minimum Gasteiger partial charge on any atom is -0.336 e.